The van der Waals surface area contributed by atoms with Crippen LogP contribution >= 0.6 is 0 Å². The maximum atomic E-state index is 14.7. The Labute approximate surface area is 200 Å². The van der Waals surface area contributed by atoms with Gasteiger partial charge in [0.2, 0.25) is 5.89 Å². The molecule has 2 aromatic heterocycles. The molecular weight excluding hydrogens is 456 g/mol. The molecule has 1 amide bonds. The molecule has 0 saturated heterocycles. The van der Waals surface area contributed by atoms with Crippen molar-refractivity contribution in [2.45, 2.75) is 39.3 Å². The van der Waals surface area contributed by atoms with Crippen LogP contribution in [-0.2, 0) is 18.5 Å². The van der Waals surface area contributed by atoms with Crippen molar-refractivity contribution in [2.75, 3.05) is 7.05 Å². The Bertz CT molecular complexity index is 1360. The summed E-state index contributed by atoms with van der Waals surface area (Å²) in [5.41, 5.74) is 6.45. The number of nitrogens with two attached hydrogens (primary N) is 1. The third-order valence-electron chi connectivity index (χ3n) is 5.57. The molecule has 8 nitrogen and oxygen atoms in total. The number of halogens is 2. The van der Waals surface area contributed by atoms with Gasteiger partial charge in [-0.2, -0.15) is 0 Å². The molecule has 0 bridgehead atoms. The van der Waals surface area contributed by atoms with E-state index in [9.17, 15) is 13.6 Å². The summed E-state index contributed by atoms with van der Waals surface area (Å²) in [4.78, 5) is 18.5. The molecule has 0 unspecified atom stereocenters. The number of nitrogens with zero attached hydrogens (tertiary/aromatic N) is 4. The second-order valence-corrected chi connectivity index (χ2v) is 8.71. The molecule has 182 valence electrons. The second kappa shape index (κ2) is 9.38. The molecule has 35 heavy (non-hydrogen) atoms. The fourth-order valence-electron chi connectivity index (χ4n) is 3.76. The summed E-state index contributed by atoms with van der Waals surface area (Å²) in [6.07, 6.45) is 0.385. The Morgan fingerprint density at radius 2 is 1.83 bits per heavy atom. The van der Waals surface area contributed by atoms with Crippen molar-refractivity contribution in [1.82, 2.24) is 20.1 Å². The summed E-state index contributed by atoms with van der Waals surface area (Å²) in [6.45, 7) is 5.27. The summed E-state index contributed by atoms with van der Waals surface area (Å²) >= 11 is 0. The highest BCUT2D eigenvalue weighted by atomic mass is 19.2. The van der Waals surface area contributed by atoms with E-state index >= 15 is 0 Å². The number of carbonyl (C=O) groups is 1. The lowest BCUT2D eigenvalue weighted by Gasteiger charge is -2.20. The van der Waals surface area contributed by atoms with Gasteiger partial charge >= 0.3 is 0 Å². The summed E-state index contributed by atoms with van der Waals surface area (Å²) in [5, 5.41) is 7.84. The van der Waals surface area contributed by atoms with E-state index in [2.05, 4.69) is 15.2 Å². The minimum atomic E-state index is -1.22. The van der Waals surface area contributed by atoms with Gasteiger partial charge in [0, 0.05) is 19.5 Å². The summed E-state index contributed by atoms with van der Waals surface area (Å²) in [6, 6.07) is 11.5. The van der Waals surface area contributed by atoms with Crippen molar-refractivity contribution in [1.29, 1.82) is 0 Å². The topological polar surface area (TPSA) is 111 Å². The molecule has 2 N–H and O–H groups in total. The average Bonchev–Trinajstić information content (AvgIpc) is 3.42. The van der Waals surface area contributed by atoms with E-state index in [4.69, 9.17) is 14.6 Å². The van der Waals surface area contributed by atoms with Crippen LogP contribution in [-0.4, -0.2) is 33.0 Å². The van der Waals surface area contributed by atoms with Crippen LogP contribution in [0.4, 0.5) is 8.78 Å². The van der Waals surface area contributed by atoms with Crippen molar-refractivity contribution in [3.8, 4) is 11.5 Å². The molecular formula is C25H25F2N5O3. The summed E-state index contributed by atoms with van der Waals surface area (Å²) in [7, 11) is 1.53. The molecule has 1 atom stereocenters. The molecule has 0 saturated carbocycles. The molecule has 0 spiro atoms. The van der Waals surface area contributed by atoms with Gasteiger partial charge in [-0.3, -0.25) is 4.79 Å². The normalized spacial score (nSPS) is 13.0. The summed E-state index contributed by atoms with van der Waals surface area (Å²) in [5.74, 6) is -2.14. The number of rotatable bonds is 7. The standard InChI is InChI=1S/C25H25F2N5O3/c1-14-20(29-15(2)34-14)13-32(4)23(33)17-10-18(21(27)19(26)11-17)22-30-31-24(35-22)25(3,28)12-16-8-6-5-7-9-16/h5-11H,12-13,28H2,1-4H3/t25-/m1/s1. The highest BCUT2D eigenvalue weighted by Gasteiger charge is 2.30. The van der Waals surface area contributed by atoms with Crippen molar-refractivity contribution in [3.63, 3.8) is 0 Å². The Morgan fingerprint density at radius 1 is 1.11 bits per heavy atom. The van der Waals surface area contributed by atoms with Crippen LogP contribution in [0.5, 0.6) is 0 Å². The highest BCUT2D eigenvalue weighted by molar-refractivity contribution is 5.95. The first-order valence-corrected chi connectivity index (χ1v) is 10.9. The van der Waals surface area contributed by atoms with Gasteiger partial charge in [0.1, 0.15) is 11.5 Å². The Hall–Kier alpha value is -3.92. The Balaban J connectivity index is 1.60. The molecule has 4 rings (SSSR count). The number of aryl methyl sites for hydroxylation is 2. The number of oxazole rings is 1. The lowest BCUT2D eigenvalue weighted by atomic mass is 9.94. The molecule has 0 fully saturated rings. The van der Waals surface area contributed by atoms with Gasteiger partial charge in [0.15, 0.2) is 17.5 Å². The third-order valence-corrected chi connectivity index (χ3v) is 5.57. The van der Waals surface area contributed by atoms with Crippen LogP contribution in [0.15, 0.2) is 51.3 Å². The minimum absolute atomic E-state index is 0.0573. The van der Waals surface area contributed by atoms with Gasteiger partial charge in [-0.05, 0) is 38.0 Å². The van der Waals surface area contributed by atoms with E-state index in [1.54, 1.807) is 20.8 Å². The minimum Gasteiger partial charge on any atom is -0.446 e. The highest BCUT2D eigenvalue weighted by Crippen LogP contribution is 2.29. The average molecular weight is 482 g/mol. The summed E-state index contributed by atoms with van der Waals surface area (Å²) < 4.78 is 40.2. The first kappa shape index (κ1) is 24.2. The van der Waals surface area contributed by atoms with Crippen LogP contribution < -0.4 is 5.73 Å². The van der Waals surface area contributed by atoms with Crippen LogP contribution in [0.2, 0.25) is 0 Å². The zero-order valence-electron chi connectivity index (χ0n) is 19.8. The van der Waals surface area contributed by atoms with Crippen molar-refractivity contribution in [2.24, 2.45) is 5.73 Å². The van der Waals surface area contributed by atoms with E-state index in [0.29, 0.717) is 23.8 Å². The van der Waals surface area contributed by atoms with Crippen LogP contribution in [0.25, 0.3) is 11.5 Å². The van der Waals surface area contributed by atoms with E-state index in [1.165, 1.54) is 18.0 Å². The Morgan fingerprint density at radius 3 is 2.49 bits per heavy atom. The van der Waals surface area contributed by atoms with E-state index in [-0.39, 0.29) is 29.5 Å². The zero-order chi connectivity index (χ0) is 25.3. The lowest BCUT2D eigenvalue weighted by molar-refractivity contribution is 0.0782. The van der Waals surface area contributed by atoms with Crippen LogP contribution in [0.1, 0.15) is 46.1 Å². The zero-order valence-corrected chi connectivity index (χ0v) is 19.8. The van der Waals surface area contributed by atoms with Gasteiger partial charge in [0.05, 0.1) is 17.6 Å². The van der Waals surface area contributed by atoms with Gasteiger partial charge < -0.3 is 19.5 Å². The molecule has 2 heterocycles. The number of benzene rings is 2. The predicted molar refractivity (Wildman–Crippen MR) is 123 cm³/mol. The van der Waals surface area contributed by atoms with Crippen molar-refractivity contribution >= 4 is 5.91 Å². The molecule has 0 aliphatic carbocycles. The quantitative estimate of drug-likeness (QED) is 0.419. The maximum Gasteiger partial charge on any atom is 0.254 e. The Kier molecular flexibility index (Phi) is 6.49. The molecule has 4 aromatic rings. The molecule has 2 aromatic carbocycles. The van der Waals surface area contributed by atoms with E-state index in [0.717, 1.165) is 11.6 Å². The number of amides is 1. The van der Waals surface area contributed by atoms with Gasteiger partial charge in [-0.25, -0.2) is 13.8 Å². The fraction of sp³-hybridized carbons (Fsp3) is 0.280. The van der Waals surface area contributed by atoms with Crippen LogP contribution in [0, 0.1) is 25.5 Å². The first-order valence-electron chi connectivity index (χ1n) is 10.9. The maximum absolute atomic E-state index is 14.7. The molecule has 0 aliphatic heterocycles. The molecule has 10 heteroatoms. The van der Waals surface area contributed by atoms with Gasteiger partial charge in [0.25, 0.3) is 11.8 Å². The molecule has 0 radical (unpaired) electrons. The number of carbonyl (C=O) groups excluding carboxylic acids is 1. The number of hydrogen-bond acceptors (Lipinski definition) is 7. The number of aromatic nitrogens is 3. The van der Waals surface area contributed by atoms with E-state index in [1.807, 2.05) is 30.3 Å². The smallest absolute Gasteiger partial charge is 0.254 e. The predicted octanol–water partition coefficient (Wildman–Crippen LogP) is 4.31. The van der Waals surface area contributed by atoms with E-state index < -0.39 is 23.1 Å². The monoisotopic (exact) mass is 481 g/mol. The molecule has 0 aliphatic rings. The largest absolute Gasteiger partial charge is 0.446 e. The first-order chi connectivity index (χ1) is 16.5. The lowest BCUT2D eigenvalue weighted by Crippen LogP contribution is -2.35. The van der Waals surface area contributed by atoms with Crippen molar-refractivity contribution < 1.29 is 22.4 Å². The van der Waals surface area contributed by atoms with Crippen molar-refractivity contribution in [3.05, 3.63) is 88.5 Å². The van der Waals surface area contributed by atoms with Gasteiger partial charge in [-0.1, -0.05) is 30.3 Å². The van der Waals surface area contributed by atoms with Gasteiger partial charge in [-0.15, -0.1) is 10.2 Å². The second-order valence-electron chi connectivity index (χ2n) is 8.71. The SMILES string of the molecule is Cc1nc(CN(C)C(=O)c2cc(F)c(F)c(-c3nnc([C@](C)(N)Cc4ccccc4)o3)c2)c(C)o1. The number of hydrogen-bond donors (Lipinski definition) is 1. The fourth-order valence-corrected chi connectivity index (χ4v) is 3.76. The third kappa shape index (κ3) is 5.12. The van der Waals surface area contributed by atoms with Crippen LogP contribution in [0.3, 0.4) is 0 Å².